The summed E-state index contributed by atoms with van der Waals surface area (Å²) < 4.78 is 1.09. The van der Waals surface area contributed by atoms with E-state index in [2.05, 4.69) is 33.4 Å². The molecule has 0 spiro atoms. The highest BCUT2D eigenvalue weighted by Crippen LogP contribution is 2.25. The van der Waals surface area contributed by atoms with Crippen molar-refractivity contribution >= 4 is 39.1 Å². The molecule has 0 atom stereocenters. The molecule has 0 bridgehead atoms. The monoisotopic (exact) mass is 343 g/mol. The Labute approximate surface area is 125 Å². The van der Waals surface area contributed by atoms with E-state index in [-0.39, 0.29) is 0 Å². The van der Waals surface area contributed by atoms with Crippen LogP contribution in [0.4, 0.5) is 0 Å². The minimum atomic E-state index is 0.596. The lowest BCUT2D eigenvalue weighted by Crippen LogP contribution is -2.12. The highest BCUT2D eigenvalue weighted by molar-refractivity contribution is 9.10. The molecule has 0 saturated heterocycles. The van der Waals surface area contributed by atoms with Crippen LogP contribution in [0.3, 0.4) is 0 Å². The zero-order valence-electron chi connectivity index (χ0n) is 9.59. The number of rotatable bonds is 4. The first-order valence-electron chi connectivity index (χ1n) is 5.55. The SMILES string of the molecule is Clc1cccc(CNCc2cccc(Br)c2)c1Cl. The first-order chi connectivity index (χ1) is 8.66. The van der Waals surface area contributed by atoms with Crippen molar-refractivity contribution in [3.8, 4) is 0 Å². The van der Waals surface area contributed by atoms with Crippen LogP contribution in [0.1, 0.15) is 11.1 Å². The molecule has 94 valence electrons. The molecule has 2 rings (SSSR count). The van der Waals surface area contributed by atoms with E-state index in [1.54, 1.807) is 6.07 Å². The van der Waals surface area contributed by atoms with E-state index in [9.17, 15) is 0 Å². The molecule has 2 aromatic rings. The molecule has 0 heterocycles. The summed E-state index contributed by atoms with van der Waals surface area (Å²) in [5.74, 6) is 0. The van der Waals surface area contributed by atoms with Crippen LogP contribution < -0.4 is 5.32 Å². The smallest absolute Gasteiger partial charge is 0.0637 e. The average molecular weight is 345 g/mol. The molecule has 0 aliphatic rings. The average Bonchev–Trinajstić information content (AvgIpc) is 2.35. The molecule has 4 heteroatoms. The van der Waals surface area contributed by atoms with Gasteiger partial charge in [0.25, 0.3) is 0 Å². The number of hydrogen-bond donors (Lipinski definition) is 1. The highest BCUT2D eigenvalue weighted by Gasteiger charge is 2.03. The second-order valence-electron chi connectivity index (χ2n) is 3.95. The Bertz CT molecular complexity index is 543. The lowest BCUT2D eigenvalue weighted by Gasteiger charge is -2.08. The topological polar surface area (TPSA) is 12.0 Å². The van der Waals surface area contributed by atoms with Crippen LogP contribution in [0.5, 0.6) is 0 Å². The molecule has 0 amide bonds. The molecular weight excluding hydrogens is 333 g/mol. The summed E-state index contributed by atoms with van der Waals surface area (Å²) in [6.07, 6.45) is 0. The van der Waals surface area contributed by atoms with Crippen LogP contribution in [-0.2, 0) is 13.1 Å². The van der Waals surface area contributed by atoms with Gasteiger partial charge in [0.05, 0.1) is 10.0 Å². The van der Waals surface area contributed by atoms with E-state index >= 15 is 0 Å². The van der Waals surface area contributed by atoms with Crippen molar-refractivity contribution in [1.82, 2.24) is 5.32 Å². The first-order valence-corrected chi connectivity index (χ1v) is 7.10. The minimum absolute atomic E-state index is 0.596. The molecule has 1 N–H and O–H groups in total. The van der Waals surface area contributed by atoms with E-state index in [1.165, 1.54) is 5.56 Å². The fraction of sp³-hybridized carbons (Fsp3) is 0.143. The Morgan fingerprint density at radius 2 is 1.78 bits per heavy atom. The second-order valence-corrected chi connectivity index (χ2v) is 5.65. The first kappa shape index (κ1) is 13.9. The van der Waals surface area contributed by atoms with Crippen molar-refractivity contribution in [3.63, 3.8) is 0 Å². The van der Waals surface area contributed by atoms with Gasteiger partial charge in [-0.05, 0) is 29.3 Å². The van der Waals surface area contributed by atoms with Gasteiger partial charge in [0.1, 0.15) is 0 Å². The van der Waals surface area contributed by atoms with Gasteiger partial charge in [0.15, 0.2) is 0 Å². The van der Waals surface area contributed by atoms with Gasteiger partial charge in [0.2, 0.25) is 0 Å². The molecule has 0 radical (unpaired) electrons. The van der Waals surface area contributed by atoms with Crippen molar-refractivity contribution in [2.75, 3.05) is 0 Å². The summed E-state index contributed by atoms with van der Waals surface area (Å²) in [6, 6.07) is 13.9. The van der Waals surface area contributed by atoms with Crippen molar-refractivity contribution in [2.45, 2.75) is 13.1 Å². The van der Waals surface area contributed by atoms with Crippen LogP contribution in [0.25, 0.3) is 0 Å². The van der Waals surface area contributed by atoms with E-state index < -0.39 is 0 Å². The van der Waals surface area contributed by atoms with Crippen LogP contribution in [0.15, 0.2) is 46.9 Å². The van der Waals surface area contributed by atoms with Crippen molar-refractivity contribution in [2.24, 2.45) is 0 Å². The van der Waals surface area contributed by atoms with Gasteiger partial charge in [-0.2, -0.15) is 0 Å². The Kier molecular flexibility index (Phi) is 5.07. The van der Waals surface area contributed by atoms with Crippen LogP contribution in [-0.4, -0.2) is 0 Å². The standard InChI is InChI=1S/C14H12BrCl2N/c15-12-5-1-3-10(7-12)8-18-9-11-4-2-6-13(16)14(11)17/h1-7,18H,8-9H2. The third-order valence-electron chi connectivity index (χ3n) is 2.57. The quantitative estimate of drug-likeness (QED) is 0.818. The van der Waals surface area contributed by atoms with Gasteiger partial charge in [0, 0.05) is 17.6 Å². The van der Waals surface area contributed by atoms with Gasteiger partial charge in [-0.1, -0.05) is 63.4 Å². The Hall–Kier alpha value is -0.540. The summed E-state index contributed by atoms with van der Waals surface area (Å²) in [4.78, 5) is 0. The third kappa shape index (κ3) is 3.72. The maximum Gasteiger partial charge on any atom is 0.0637 e. The molecule has 18 heavy (non-hydrogen) atoms. The minimum Gasteiger partial charge on any atom is -0.309 e. The molecule has 1 nitrogen and oxygen atoms in total. The third-order valence-corrected chi connectivity index (χ3v) is 3.92. The molecule has 0 aliphatic carbocycles. The van der Waals surface area contributed by atoms with Crippen LogP contribution in [0, 0.1) is 0 Å². The maximum absolute atomic E-state index is 6.12. The molecule has 0 aromatic heterocycles. The summed E-state index contributed by atoms with van der Waals surface area (Å²) in [5, 5.41) is 4.57. The zero-order chi connectivity index (χ0) is 13.0. The molecule has 0 saturated carbocycles. The van der Waals surface area contributed by atoms with Gasteiger partial charge in [-0.15, -0.1) is 0 Å². The van der Waals surface area contributed by atoms with Crippen LogP contribution in [0.2, 0.25) is 10.0 Å². The fourth-order valence-corrected chi connectivity index (χ4v) is 2.51. The van der Waals surface area contributed by atoms with Crippen molar-refractivity contribution in [1.29, 1.82) is 0 Å². The zero-order valence-corrected chi connectivity index (χ0v) is 12.7. The summed E-state index contributed by atoms with van der Waals surface area (Å²) in [7, 11) is 0. The largest absolute Gasteiger partial charge is 0.309 e. The van der Waals surface area contributed by atoms with Gasteiger partial charge in [-0.3, -0.25) is 0 Å². The Morgan fingerprint density at radius 3 is 2.56 bits per heavy atom. The van der Waals surface area contributed by atoms with E-state index in [1.807, 2.05) is 24.3 Å². The lowest BCUT2D eigenvalue weighted by atomic mass is 10.2. The maximum atomic E-state index is 6.12. The summed E-state index contributed by atoms with van der Waals surface area (Å²) in [5.41, 5.74) is 2.24. The molecule has 0 fully saturated rings. The van der Waals surface area contributed by atoms with Gasteiger partial charge in [-0.25, -0.2) is 0 Å². The summed E-state index contributed by atoms with van der Waals surface area (Å²) >= 11 is 15.5. The predicted molar refractivity (Wildman–Crippen MR) is 81.1 cm³/mol. The fourth-order valence-electron chi connectivity index (χ4n) is 1.67. The number of benzene rings is 2. The van der Waals surface area contributed by atoms with Gasteiger partial charge < -0.3 is 5.32 Å². The lowest BCUT2D eigenvalue weighted by molar-refractivity contribution is 0.693. The van der Waals surface area contributed by atoms with E-state index in [4.69, 9.17) is 23.2 Å². The van der Waals surface area contributed by atoms with E-state index in [0.717, 1.165) is 16.6 Å². The molecule has 0 aliphatic heterocycles. The van der Waals surface area contributed by atoms with Crippen molar-refractivity contribution < 1.29 is 0 Å². The molecular formula is C14H12BrCl2N. The second kappa shape index (κ2) is 6.58. The van der Waals surface area contributed by atoms with Crippen LogP contribution >= 0.6 is 39.1 Å². The molecule has 0 unspecified atom stereocenters. The Morgan fingerprint density at radius 1 is 1.00 bits per heavy atom. The van der Waals surface area contributed by atoms with Crippen molar-refractivity contribution in [3.05, 3.63) is 68.1 Å². The number of hydrogen-bond acceptors (Lipinski definition) is 1. The van der Waals surface area contributed by atoms with Gasteiger partial charge >= 0.3 is 0 Å². The van der Waals surface area contributed by atoms with E-state index in [0.29, 0.717) is 16.6 Å². The molecule has 2 aromatic carbocycles. The number of halogens is 3. The predicted octanol–water partition coefficient (Wildman–Crippen LogP) is 5.05. The Balaban J connectivity index is 1.94. The number of nitrogens with one attached hydrogen (secondary N) is 1. The summed E-state index contributed by atoms with van der Waals surface area (Å²) in [6.45, 7) is 1.49. The highest BCUT2D eigenvalue weighted by atomic mass is 79.9. The normalized spacial score (nSPS) is 10.6.